The van der Waals surface area contributed by atoms with E-state index in [4.69, 9.17) is 9.97 Å². The third-order valence-electron chi connectivity index (χ3n) is 5.69. The number of fused-ring (bicyclic) bond motifs is 4. The first-order valence-corrected chi connectivity index (χ1v) is 10.7. The molecule has 0 aliphatic carbocycles. The van der Waals surface area contributed by atoms with Crippen molar-refractivity contribution >= 4 is 86.2 Å². The molecule has 0 fully saturated rings. The molecule has 3 nitrogen and oxygen atoms in total. The molecule has 0 radical (unpaired) electrons. The fraction of sp³-hybridized carbons (Fsp3) is 0.0417. The van der Waals surface area contributed by atoms with Crippen molar-refractivity contribution in [3.63, 3.8) is 0 Å². The molecule has 1 aromatic heterocycles. The Morgan fingerprint density at radius 2 is 1.24 bits per heavy atom. The fourth-order valence-electron chi connectivity index (χ4n) is 4.34. The minimum absolute atomic E-state index is 0.634. The topological polar surface area (TPSA) is 49.6 Å². The smallest absolute Gasteiger partial charge is 0.0995 e. The van der Waals surface area contributed by atoms with E-state index in [9.17, 15) is 5.26 Å². The predicted molar refractivity (Wildman–Crippen MR) is 126 cm³/mol. The van der Waals surface area contributed by atoms with E-state index < -0.39 is 0 Å². The molecule has 136 valence electrons. The van der Waals surface area contributed by atoms with E-state index in [1.807, 2.05) is 19.1 Å². The molecule has 0 saturated carbocycles. The first-order chi connectivity index (χ1) is 14.1. The van der Waals surface area contributed by atoms with Crippen LogP contribution in [0.1, 0.15) is 11.1 Å². The van der Waals surface area contributed by atoms with Crippen LogP contribution >= 0.6 is 31.9 Å². The number of halogens is 2. The SMILES string of the molecule is Cc1cc2nc3c4cccc5c(Br)c(Br)c6cccc(c3nc2cc1C#N)c6c54. The Labute approximate surface area is 182 Å². The summed E-state index contributed by atoms with van der Waals surface area (Å²) in [4.78, 5) is 10.0. The maximum absolute atomic E-state index is 9.42. The highest BCUT2D eigenvalue weighted by Crippen LogP contribution is 2.46. The van der Waals surface area contributed by atoms with Gasteiger partial charge in [0.1, 0.15) is 0 Å². The normalized spacial score (nSPS) is 11.9. The van der Waals surface area contributed by atoms with Gasteiger partial charge >= 0.3 is 0 Å². The molecule has 5 heteroatoms. The van der Waals surface area contributed by atoms with E-state index in [0.717, 1.165) is 58.1 Å². The number of aryl methyl sites for hydroxylation is 1. The first-order valence-electron chi connectivity index (χ1n) is 9.14. The summed E-state index contributed by atoms with van der Waals surface area (Å²) >= 11 is 7.55. The molecular weight excluding hydrogens is 490 g/mol. The number of nitrogens with zero attached hydrogens (tertiary/aromatic N) is 3. The Morgan fingerprint density at radius 1 is 0.759 bits per heavy atom. The molecule has 0 unspecified atom stereocenters. The van der Waals surface area contributed by atoms with E-state index >= 15 is 0 Å². The summed E-state index contributed by atoms with van der Waals surface area (Å²) in [7, 11) is 0. The van der Waals surface area contributed by atoms with Crippen LogP contribution in [0.25, 0.3) is 54.4 Å². The van der Waals surface area contributed by atoms with Gasteiger partial charge in [-0.2, -0.15) is 5.26 Å². The van der Waals surface area contributed by atoms with Gasteiger partial charge in [0.2, 0.25) is 0 Å². The molecular formula is C24H11Br2N3. The van der Waals surface area contributed by atoms with E-state index in [1.165, 1.54) is 10.8 Å². The van der Waals surface area contributed by atoms with Crippen LogP contribution in [-0.2, 0) is 0 Å². The lowest BCUT2D eigenvalue weighted by Crippen LogP contribution is -1.95. The van der Waals surface area contributed by atoms with E-state index in [1.54, 1.807) is 0 Å². The second-order valence-corrected chi connectivity index (χ2v) is 8.86. The highest BCUT2D eigenvalue weighted by atomic mass is 79.9. The van der Waals surface area contributed by atoms with Crippen LogP contribution in [0.3, 0.4) is 0 Å². The molecule has 0 spiro atoms. The van der Waals surface area contributed by atoms with Crippen molar-refractivity contribution in [2.75, 3.05) is 0 Å². The van der Waals surface area contributed by atoms with Gasteiger partial charge in [0.25, 0.3) is 0 Å². The summed E-state index contributed by atoms with van der Waals surface area (Å²) in [6.45, 7) is 1.94. The van der Waals surface area contributed by atoms with E-state index in [0.29, 0.717) is 5.56 Å². The fourth-order valence-corrected chi connectivity index (χ4v) is 5.43. The van der Waals surface area contributed by atoms with Gasteiger partial charge in [-0.3, -0.25) is 0 Å². The van der Waals surface area contributed by atoms with Crippen molar-refractivity contribution in [3.05, 3.63) is 68.6 Å². The van der Waals surface area contributed by atoms with Crippen molar-refractivity contribution in [2.24, 2.45) is 0 Å². The molecule has 29 heavy (non-hydrogen) atoms. The predicted octanol–water partition coefficient (Wildman–Crippen LogP) is 7.39. The Morgan fingerprint density at radius 3 is 1.76 bits per heavy atom. The summed E-state index contributed by atoms with van der Waals surface area (Å²) < 4.78 is 2.09. The highest BCUT2D eigenvalue weighted by Gasteiger charge is 2.19. The minimum atomic E-state index is 0.634. The highest BCUT2D eigenvalue weighted by molar-refractivity contribution is 9.13. The van der Waals surface area contributed by atoms with Gasteiger partial charge in [0.05, 0.1) is 33.7 Å². The summed E-state index contributed by atoms with van der Waals surface area (Å²) in [5.41, 5.74) is 4.86. The molecule has 0 aliphatic rings. The van der Waals surface area contributed by atoms with Gasteiger partial charge in [-0.05, 0) is 67.3 Å². The van der Waals surface area contributed by atoms with Gasteiger partial charge < -0.3 is 0 Å². The summed E-state index contributed by atoms with van der Waals surface area (Å²) in [6, 6.07) is 18.6. The van der Waals surface area contributed by atoms with E-state index in [2.05, 4.69) is 74.3 Å². The maximum atomic E-state index is 9.42. The molecule has 0 amide bonds. The van der Waals surface area contributed by atoms with Crippen molar-refractivity contribution in [3.8, 4) is 6.07 Å². The van der Waals surface area contributed by atoms with Crippen molar-refractivity contribution in [1.82, 2.24) is 9.97 Å². The number of nitriles is 1. The van der Waals surface area contributed by atoms with Crippen LogP contribution in [0.2, 0.25) is 0 Å². The van der Waals surface area contributed by atoms with Crippen molar-refractivity contribution in [2.45, 2.75) is 6.92 Å². The monoisotopic (exact) mass is 499 g/mol. The van der Waals surface area contributed by atoms with Crippen LogP contribution in [0.15, 0.2) is 57.5 Å². The molecule has 0 aliphatic heterocycles. The molecule has 1 heterocycles. The van der Waals surface area contributed by atoms with Crippen molar-refractivity contribution < 1.29 is 0 Å². The van der Waals surface area contributed by atoms with Crippen LogP contribution in [-0.4, -0.2) is 9.97 Å². The zero-order chi connectivity index (χ0) is 19.9. The third-order valence-corrected chi connectivity index (χ3v) is 7.87. The number of hydrogen-bond donors (Lipinski definition) is 0. The van der Waals surface area contributed by atoms with Crippen LogP contribution in [0.5, 0.6) is 0 Å². The quantitative estimate of drug-likeness (QED) is 0.161. The third kappa shape index (κ3) is 2.16. The second-order valence-electron chi connectivity index (χ2n) is 7.27. The molecule has 0 atom stereocenters. The van der Waals surface area contributed by atoms with E-state index in [-0.39, 0.29) is 0 Å². The Balaban J connectivity index is 1.97. The summed E-state index contributed by atoms with van der Waals surface area (Å²) in [5, 5.41) is 16.3. The maximum Gasteiger partial charge on any atom is 0.0995 e. The lowest BCUT2D eigenvalue weighted by molar-refractivity contribution is 1.36. The van der Waals surface area contributed by atoms with Crippen LogP contribution in [0.4, 0.5) is 0 Å². The molecule has 5 aromatic carbocycles. The number of benzene rings is 5. The van der Waals surface area contributed by atoms with Gasteiger partial charge in [-0.25, -0.2) is 9.97 Å². The van der Waals surface area contributed by atoms with Gasteiger partial charge in [-0.1, -0.05) is 36.4 Å². The number of aromatic nitrogens is 2. The lowest BCUT2D eigenvalue weighted by Gasteiger charge is -2.16. The average Bonchev–Trinajstić information content (AvgIpc) is 2.75. The molecule has 0 saturated heterocycles. The largest absolute Gasteiger partial charge is 0.244 e. The molecule has 0 N–H and O–H groups in total. The van der Waals surface area contributed by atoms with Gasteiger partial charge in [-0.15, -0.1) is 0 Å². The Hall–Kier alpha value is -2.81. The first kappa shape index (κ1) is 17.1. The summed E-state index contributed by atoms with van der Waals surface area (Å²) in [5.74, 6) is 0. The molecule has 0 bridgehead atoms. The lowest BCUT2D eigenvalue weighted by atomic mass is 9.92. The zero-order valence-corrected chi connectivity index (χ0v) is 18.4. The van der Waals surface area contributed by atoms with Gasteiger partial charge in [0, 0.05) is 30.5 Å². The van der Waals surface area contributed by atoms with Crippen molar-refractivity contribution in [1.29, 1.82) is 5.26 Å². The standard InChI is InChI=1S/C24H11Br2N3/c1-11-8-17-18(9-12(11)10-27)29-24-16-7-3-5-14-20(16)19-13(21(25)22(14)26)4-2-6-15(19)23(24)28-17/h2-9H,1H3. The number of rotatable bonds is 0. The zero-order valence-electron chi connectivity index (χ0n) is 15.2. The number of hydrogen-bond acceptors (Lipinski definition) is 3. The molecule has 6 rings (SSSR count). The second kappa shape index (κ2) is 5.85. The Kier molecular flexibility index (Phi) is 3.45. The van der Waals surface area contributed by atoms with Crippen LogP contribution < -0.4 is 0 Å². The van der Waals surface area contributed by atoms with Crippen LogP contribution in [0, 0.1) is 18.3 Å². The van der Waals surface area contributed by atoms with Gasteiger partial charge in [0.15, 0.2) is 0 Å². The Bertz CT molecular complexity index is 1700. The summed E-state index contributed by atoms with van der Waals surface area (Å²) in [6.07, 6.45) is 0. The molecule has 6 aromatic rings. The average molecular weight is 501 g/mol. The minimum Gasteiger partial charge on any atom is -0.244 e.